The van der Waals surface area contributed by atoms with Crippen molar-refractivity contribution in [1.82, 2.24) is 0 Å². The lowest BCUT2D eigenvalue weighted by atomic mass is 9.86. The highest BCUT2D eigenvalue weighted by Crippen LogP contribution is 2.39. The van der Waals surface area contributed by atoms with Crippen LogP contribution in [0, 0.1) is 0 Å². The van der Waals surface area contributed by atoms with Crippen molar-refractivity contribution in [2.75, 3.05) is 0 Å². The molecule has 4 rings (SSSR count). The molecule has 0 unspecified atom stereocenters. The molecule has 2 aromatic carbocycles. The van der Waals surface area contributed by atoms with Crippen molar-refractivity contribution >= 4 is 5.97 Å². The first-order chi connectivity index (χ1) is 11.6. The zero-order valence-electron chi connectivity index (χ0n) is 14.0. The highest BCUT2D eigenvalue weighted by molar-refractivity contribution is 5.92. The van der Waals surface area contributed by atoms with E-state index < -0.39 is 0 Å². The van der Waals surface area contributed by atoms with Crippen LogP contribution in [0.5, 0.6) is 11.5 Å². The largest absolute Gasteiger partial charge is 0.457 e. The smallest absolute Gasteiger partial charge is 0.339 e. The van der Waals surface area contributed by atoms with Gasteiger partial charge in [0.25, 0.3) is 0 Å². The lowest BCUT2D eigenvalue weighted by molar-refractivity contribution is -0.0270. The molecular formula is C21H22O3. The fourth-order valence-corrected chi connectivity index (χ4v) is 3.77. The summed E-state index contributed by atoms with van der Waals surface area (Å²) in [6, 6.07) is 13.6. The van der Waals surface area contributed by atoms with Crippen molar-refractivity contribution < 1.29 is 14.3 Å². The second-order valence-corrected chi connectivity index (χ2v) is 7.07. The monoisotopic (exact) mass is 322 g/mol. The van der Waals surface area contributed by atoms with Crippen molar-refractivity contribution in [1.29, 1.82) is 0 Å². The van der Waals surface area contributed by atoms with E-state index in [0.29, 0.717) is 12.0 Å². The van der Waals surface area contributed by atoms with Crippen LogP contribution >= 0.6 is 0 Å². The second kappa shape index (κ2) is 5.97. The molecule has 1 saturated carbocycles. The summed E-state index contributed by atoms with van der Waals surface area (Å²) in [6.45, 7) is 2.06. The third-order valence-electron chi connectivity index (χ3n) is 5.16. The number of carbonyl (C=O) groups is 1. The molecule has 0 aromatic heterocycles. The molecule has 3 nitrogen and oxygen atoms in total. The molecule has 2 aromatic rings. The van der Waals surface area contributed by atoms with Gasteiger partial charge in [-0.05, 0) is 56.4 Å². The van der Waals surface area contributed by atoms with Gasteiger partial charge < -0.3 is 9.47 Å². The van der Waals surface area contributed by atoms with Crippen molar-refractivity contribution in [2.24, 2.45) is 0 Å². The maximum absolute atomic E-state index is 12.8. The van der Waals surface area contributed by atoms with Gasteiger partial charge in [-0.2, -0.15) is 0 Å². The van der Waals surface area contributed by atoms with Crippen LogP contribution in [0.15, 0.2) is 42.5 Å². The minimum absolute atomic E-state index is 0.223. The molecule has 2 aliphatic rings. The zero-order chi connectivity index (χ0) is 16.6. The van der Waals surface area contributed by atoms with Gasteiger partial charge in [0.2, 0.25) is 0 Å². The molecule has 0 N–H and O–H groups in total. The summed E-state index contributed by atoms with van der Waals surface area (Å²) in [7, 11) is 0. The minimum Gasteiger partial charge on any atom is -0.457 e. The predicted octanol–water partition coefficient (Wildman–Crippen LogP) is 5.26. The summed E-state index contributed by atoms with van der Waals surface area (Å²) >= 11 is 0. The summed E-state index contributed by atoms with van der Waals surface area (Å²) in [4.78, 5) is 12.8. The van der Waals surface area contributed by atoms with Crippen molar-refractivity contribution in [3.63, 3.8) is 0 Å². The molecule has 0 amide bonds. The fraction of sp³-hybridized carbons (Fsp3) is 0.381. The van der Waals surface area contributed by atoms with Crippen LogP contribution in [0.3, 0.4) is 0 Å². The van der Waals surface area contributed by atoms with Gasteiger partial charge in [0, 0.05) is 12.0 Å². The van der Waals surface area contributed by atoms with Crippen LogP contribution in [-0.2, 0) is 11.2 Å². The molecule has 0 spiro atoms. The summed E-state index contributed by atoms with van der Waals surface area (Å²) in [6.07, 6.45) is 6.10. The Morgan fingerprint density at radius 1 is 1.00 bits per heavy atom. The van der Waals surface area contributed by atoms with Gasteiger partial charge in [-0.1, -0.05) is 30.7 Å². The van der Waals surface area contributed by atoms with Crippen molar-refractivity contribution in [3.05, 3.63) is 59.2 Å². The molecule has 24 heavy (non-hydrogen) atoms. The first-order valence-electron chi connectivity index (χ1n) is 8.76. The fourth-order valence-electron chi connectivity index (χ4n) is 3.77. The normalized spacial score (nSPS) is 18.0. The second-order valence-electron chi connectivity index (χ2n) is 7.07. The topological polar surface area (TPSA) is 35.5 Å². The molecule has 1 heterocycles. The van der Waals surface area contributed by atoms with E-state index in [1.807, 2.05) is 42.5 Å². The molecular weight excluding hydrogens is 300 g/mol. The molecule has 0 saturated heterocycles. The van der Waals surface area contributed by atoms with E-state index in [1.54, 1.807) is 0 Å². The molecule has 0 radical (unpaired) electrons. The number of rotatable bonds is 2. The molecule has 3 heteroatoms. The number of ether oxygens (including phenoxy) is 2. The Morgan fingerprint density at radius 2 is 1.75 bits per heavy atom. The molecule has 124 valence electrons. The van der Waals surface area contributed by atoms with Gasteiger partial charge in [-0.3, -0.25) is 0 Å². The summed E-state index contributed by atoms with van der Waals surface area (Å²) < 4.78 is 11.9. The first-order valence-corrected chi connectivity index (χ1v) is 8.76. The number of carbonyl (C=O) groups excluding carboxylic acids is 1. The first kappa shape index (κ1) is 15.3. The lowest BCUT2D eigenvalue weighted by Crippen LogP contribution is -2.34. The Kier molecular flexibility index (Phi) is 3.79. The summed E-state index contributed by atoms with van der Waals surface area (Å²) in [5.74, 6) is 1.41. The Balaban J connectivity index is 1.62. The number of benzene rings is 2. The lowest BCUT2D eigenvalue weighted by Gasteiger charge is -2.33. The van der Waals surface area contributed by atoms with Gasteiger partial charge in [0.05, 0.1) is 5.56 Å². The standard InChI is InChI=1S/C21H22O3/c1-21(12-5-2-6-13-21)24-20(22)16-9-7-11-19-17(16)14-15-8-3-4-10-18(15)23-19/h3-4,7-11H,2,5-6,12-14H2,1H3. The third-order valence-corrected chi connectivity index (χ3v) is 5.16. The van der Waals surface area contributed by atoms with Gasteiger partial charge in [-0.25, -0.2) is 4.79 Å². The average Bonchev–Trinajstić information content (AvgIpc) is 2.59. The van der Waals surface area contributed by atoms with Crippen molar-refractivity contribution in [2.45, 2.75) is 51.0 Å². The Hall–Kier alpha value is -2.29. The van der Waals surface area contributed by atoms with Crippen LogP contribution in [-0.4, -0.2) is 11.6 Å². The molecule has 1 aliphatic carbocycles. The van der Waals surface area contributed by atoms with Gasteiger partial charge in [0.1, 0.15) is 17.1 Å². The van der Waals surface area contributed by atoms with Crippen molar-refractivity contribution in [3.8, 4) is 11.5 Å². The van der Waals surface area contributed by atoms with Crippen LogP contribution in [0.1, 0.15) is 60.5 Å². The van der Waals surface area contributed by atoms with Gasteiger partial charge in [0.15, 0.2) is 0 Å². The number of fused-ring (bicyclic) bond motifs is 2. The third kappa shape index (κ3) is 2.79. The van der Waals surface area contributed by atoms with E-state index in [0.717, 1.165) is 48.3 Å². The van der Waals surface area contributed by atoms with E-state index in [4.69, 9.17) is 9.47 Å². The number of hydrogen-bond acceptors (Lipinski definition) is 3. The number of esters is 1. The summed E-state index contributed by atoms with van der Waals surface area (Å²) in [5, 5.41) is 0. The quantitative estimate of drug-likeness (QED) is 0.603. The molecule has 0 atom stereocenters. The number of para-hydroxylation sites is 1. The Labute approximate surface area is 142 Å². The zero-order valence-corrected chi connectivity index (χ0v) is 14.0. The molecule has 1 fully saturated rings. The van der Waals surface area contributed by atoms with E-state index in [-0.39, 0.29) is 11.6 Å². The average molecular weight is 322 g/mol. The van der Waals surface area contributed by atoms with Crippen LogP contribution < -0.4 is 4.74 Å². The Bertz CT molecular complexity index is 772. The summed E-state index contributed by atoms with van der Waals surface area (Å²) in [5.41, 5.74) is 2.34. The maximum atomic E-state index is 12.8. The molecule has 1 aliphatic heterocycles. The SMILES string of the molecule is CC1(OC(=O)c2cccc3c2Cc2ccccc2O3)CCCCC1. The van der Waals surface area contributed by atoms with Crippen LogP contribution in [0.2, 0.25) is 0 Å². The maximum Gasteiger partial charge on any atom is 0.339 e. The van der Waals surface area contributed by atoms with Crippen LogP contribution in [0.4, 0.5) is 0 Å². The minimum atomic E-state index is -0.328. The predicted molar refractivity (Wildman–Crippen MR) is 92.7 cm³/mol. The Morgan fingerprint density at radius 3 is 2.58 bits per heavy atom. The van der Waals surface area contributed by atoms with E-state index in [1.165, 1.54) is 6.42 Å². The van der Waals surface area contributed by atoms with Gasteiger partial charge in [-0.15, -0.1) is 0 Å². The number of hydrogen-bond donors (Lipinski definition) is 0. The van der Waals surface area contributed by atoms with E-state index in [9.17, 15) is 4.79 Å². The highest BCUT2D eigenvalue weighted by Gasteiger charge is 2.32. The van der Waals surface area contributed by atoms with E-state index >= 15 is 0 Å². The highest BCUT2D eigenvalue weighted by atomic mass is 16.6. The van der Waals surface area contributed by atoms with Crippen LogP contribution in [0.25, 0.3) is 0 Å². The molecule has 0 bridgehead atoms. The van der Waals surface area contributed by atoms with E-state index in [2.05, 4.69) is 6.92 Å². The van der Waals surface area contributed by atoms with Gasteiger partial charge >= 0.3 is 5.97 Å².